The first kappa shape index (κ1) is 14.2. The highest BCUT2D eigenvalue weighted by atomic mass is 32.1. The molecule has 3 heterocycles. The van der Waals surface area contributed by atoms with Gasteiger partial charge in [0.15, 0.2) is 0 Å². The molecule has 21 heavy (non-hydrogen) atoms. The number of hydrogen-bond acceptors (Lipinski definition) is 7. The van der Waals surface area contributed by atoms with Gasteiger partial charge in [0.25, 0.3) is 0 Å². The lowest BCUT2D eigenvalue weighted by molar-refractivity contribution is 0.214. The molecule has 1 aliphatic rings. The lowest BCUT2D eigenvalue weighted by Crippen LogP contribution is -2.37. The Bertz CT molecular complexity index is 585. The zero-order chi connectivity index (χ0) is 14.7. The van der Waals surface area contributed by atoms with Crippen molar-refractivity contribution in [1.82, 2.24) is 20.2 Å². The molecule has 1 atom stereocenters. The summed E-state index contributed by atoms with van der Waals surface area (Å²) in [4.78, 5) is 10.7. The van der Waals surface area contributed by atoms with E-state index in [2.05, 4.69) is 25.1 Å². The molecule has 6 nitrogen and oxygen atoms in total. The number of aryl methyl sites for hydroxylation is 2. The molecule has 3 rings (SSSR count). The topological polar surface area (TPSA) is 64.0 Å². The fourth-order valence-electron chi connectivity index (χ4n) is 2.44. The van der Waals surface area contributed by atoms with Gasteiger partial charge in [0.2, 0.25) is 5.13 Å². The molecular formula is C14H19N5OS. The van der Waals surface area contributed by atoms with E-state index < -0.39 is 0 Å². The van der Waals surface area contributed by atoms with Gasteiger partial charge < -0.3 is 9.64 Å². The molecule has 0 amide bonds. The number of ether oxygens (including phenoxy) is 1. The molecule has 0 bridgehead atoms. The lowest BCUT2D eigenvalue weighted by Gasteiger charge is -2.31. The largest absolute Gasteiger partial charge is 0.463 e. The third-order valence-corrected chi connectivity index (χ3v) is 4.41. The van der Waals surface area contributed by atoms with E-state index in [-0.39, 0.29) is 0 Å². The van der Waals surface area contributed by atoms with Gasteiger partial charge in [0.05, 0.1) is 6.61 Å². The summed E-state index contributed by atoms with van der Waals surface area (Å²) in [6, 6.07) is 0.462. The van der Waals surface area contributed by atoms with Gasteiger partial charge in [-0.3, -0.25) is 0 Å². The highest BCUT2D eigenvalue weighted by Gasteiger charge is 2.23. The highest BCUT2D eigenvalue weighted by Crippen LogP contribution is 2.26. The van der Waals surface area contributed by atoms with Gasteiger partial charge in [-0.1, -0.05) is 11.3 Å². The van der Waals surface area contributed by atoms with Crippen molar-refractivity contribution >= 4 is 16.5 Å². The van der Waals surface area contributed by atoms with E-state index in [1.54, 1.807) is 23.7 Å². The molecule has 0 N–H and O–H groups in total. The number of hydrogen-bond donors (Lipinski definition) is 0. The second-order valence-corrected chi connectivity index (χ2v) is 6.57. The quantitative estimate of drug-likeness (QED) is 0.863. The summed E-state index contributed by atoms with van der Waals surface area (Å²) in [5, 5.41) is 10.4. The number of aromatic nitrogens is 4. The van der Waals surface area contributed by atoms with Crippen molar-refractivity contribution in [3.8, 4) is 6.01 Å². The van der Waals surface area contributed by atoms with E-state index in [9.17, 15) is 0 Å². The van der Waals surface area contributed by atoms with Crippen molar-refractivity contribution in [2.45, 2.75) is 26.7 Å². The molecule has 1 aliphatic heterocycles. The summed E-state index contributed by atoms with van der Waals surface area (Å²) in [6.07, 6.45) is 5.88. The van der Waals surface area contributed by atoms with Crippen LogP contribution in [0.25, 0.3) is 0 Å². The van der Waals surface area contributed by atoms with Crippen LogP contribution >= 0.6 is 11.3 Å². The van der Waals surface area contributed by atoms with Gasteiger partial charge in [-0.05, 0) is 32.3 Å². The Morgan fingerprint density at radius 2 is 2.10 bits per heavy atom. The van der Waals surface area contributed by atoms with E-state index >= 15 is 0 Å². The van der Waals surface area contributed by atoms with Crippen LogP contribution in [0.2, 0.25) is 0 Å². The monoisotopic (exact) mass is 305 g/mol. The smallest absolute Gasteiger partial charge is 0.316 e. The average molecular weight is 305 g/mol. The second-order valence-electron chi connectivity index (χ2n) is 5.41. The average Bonchev–Trinajstić information content (AvgIpc) is 2.94. The molecular weight excluding hydrogens is 286 g/mol. The molecule has 0 saturated carbocycles. The van der Waals surface area contributed by atoms with Gasteiger partial charge in [0, 0.05) is 31.4 Å². The van der Waals surface area contributed by atoms with E-state index in [4.69, 9.17) is 4.74 Å². The maximum atomic E-state index is 5.71. The highest BCUT2D eigenvalue weighted by molar-refractivity contribution is 7.15. The van der Waals surface area contributed by atoms with Crippen molar-refractivity contribution in [3.05, 3.63) is 23.0 Å². The molecule has 0 radical (unpaired) electrons. The Morgan fingerprint density at radius 3 is 2.81 bits per heavy atom. The zero-order valence-corrected chi connectivity index (χ0v) is 13.1. The normalized spacial score (nSPS) is 18.8. The van der Waals surface area contributed by atoms with Gasteiger partial charge in [-0.25, -0.2) is 9.97 Å². The number of piperidine rings is 1. The molecule has 0 spiro atoms. The fraction of sp³-hybridized carbons (Fsp3) is 0.571. The maximum Gasteiger partial charge on any atom is 0.316 e. The Balaban J connectivity index is 1.55. The number of nitrogens with zero attached hydrogens (tertiary/aromatic N) is 5. The maximum absolute atomic E-state index is 5.71. The molecule has 1 fully saturated rings. The van der Waals surface area contributed by atoms with Crippen LogP contribution in [0, 0.1) is 19.8 Å². The minimum Gasteiger partial charge on any atom is -0.463 e. The lowest BCUT2D eigenvalue weighted by atomic mass is 9.99. The van der Waals surface area contributed by atoms with E-state index in [0.717, 1.165) is 35.2 Å². The van der Waals surface area contributed by atoms with Gasteiger partial charge in [0.1, 0.15) is 5.01 Å². The molecule has 2 aromatic heterocycles. The van der Waals surface area contributed by atoms with Crippen LogP contribution in [0.3, 0.4) is 0 Å². The minimum atomic E-state index is 0.462. The van der Waals surface area contributed by atoms with E-state index in [1.165, 1.54) is 6.42 Å². The summed E-state index contributed by atoms with van der Waals surface area (Å²) in [7, 11) is 0. The zero-order valence-electron chi connectivity index (χ0n) is 12.3. The van der Waals surface area contributed by atoms with E-state index in [0.29, 0.717) is 18.5 Å². The number of rotatable bonds is 4. The second kappa shape index (κ2) is 6.34. The molecule has 1 saturated heterocycles. The fourth-order valence-corrected chi connectivity index (χ4v) is 3.16. The molecule has 1 unspecified atom stereocenters. The third kappa shape index (κ3) is 3.66. The summed E-state index contributed by atoms with van der Waals surface area (Å²) in [5.74, 6) is 0.479. The van der Waals surface area contributed by atoms with Crippen LogP contribution in [-0.4, -0.2) is 39.9 Å². The molecule has 7 heteroatoms. The van der Waals surface area contributed by atoms with Crippen LogP contribution in [0.15, 0.2) is 12.4 Å². The van der Waals surface area contributed by atoms with Crippen LogP contribution in [0.1, 0.15) is 23.4 Å². The van der Waals surface area contributed by atoms with Crippen molar-refractivity contribution in [2.24, 2.45) is 5.92 Å². The first-order valence-electron chi connectivity index (χ1n) is 7.17. The number of anilines is 1. The predicted molar refractivity (Wildman–Crippen MR) is 81.8 cm³/mol. The van der Waals surface area contributed by atoms with Crippen molar-refractivity contribution in [1.29, 1.82) is 0 Å². The van der Waals surface area contributed by atoms with Gasteiger partial charge >= 0.3 is 6.01 Å². The minimum absolute atomic E-state index is 0.462. The first-order chi connectivity index (χ1) is 10.2. The summed E-state index contributed by atoms with van der Waals surface area (Å²) >= 11 is 1.65. The SMILES string of the molecule is Cc1cnc(OCC2CCCN(c3nnc(C)s3)C2)nc1. The summed E-state index contributed by atoms with van der Waals surface area (Å²) in [5.41, 5.74) is 1.04. The standard InChI is InChI=1S/C14H19N5OS/c1-10-6-15-13(16-7-10)20-9-12-4-3-5-19(8-12)14-18-17-11(2)21-14/h6-7,12H,3-5,8-9H2,1-2H3. The summed E-state index contributed by atoms with van der Waals surface area (Å²) < 4.78 is 5.71. The predicted octanol–water partition coefficient (Wildman–Crippen LogP) is 2.24. The molecule has 0 aliphatic carbocycles. The molecule has 2 aromatic rings. The Kier molecular flexibility index (Phi) is 4.28. The van der Waals surface area contributed by atoms with Crippen LogP contribution in [0.5, 0.6) is 6.01 Å². The van der Waals surface area contributed by atoms with Gasteiger partial charge in [-0.2, -0.15) is 0 Å². The Hall–Kier alpha value is -1.76. The van der Waals surface area contributed by atoms with Crippen molar-refractivity contribution < 1.29 is 4.74 Å². The first-order valence-corrected chi connectivity index (χ1v) is 7.99. The summed E-state index contributed by atoms with van der Waals surface area (Å²) in [6.45, 7) is 6.61. The van der Waals surface area contributed by atoms with Crippen LogP contribution < -0.4 is 9.64 Å². The Morgan fingerprint density at radius 1 is 1.29 bits per heavy atom. The molecule has 112 valence electrons. The molecule has 0 aromatic carbocycles. The third-order valence-electron chi connectivity index (χ3n) is 3.51. The van der Waals surface area contributed by atoms with Crippen LogP contribution in [-0.2, 0) is 0 Å². The van der Waals surface area contributed by atoms with Crippen molar-refractivity contribution in [2.75, 3.05) is 24.6 Å². The van der Waals surface area contributed by atoms with Gasteiger partial charge in [-0.15, -0.1) is 10.2 Å². The Labute approximate surface area is 128 Å². The van der Waals surface area contributed by atoms with Crippen molar-refractivity contribution in [3.63, 3.8) is 0 Å². The van der Waals surface area contributed by atoms with E-state index in [1.807, 2.05) is 13.8 Å². The van der Waals surface area contributed by atoms with Crippen LogP contribution in [0.4, 0.5) is 5.13 Å².